The molecule has 3 aromatic rings. The van der Waals surface area contributed by atoms with Crippen LogP contribution in [0.2, 0.25) is 5.02 Å². The van der Waals surface area contributed by atoms with Crippen molar-refractivity contribution < 1.29 is 22.7 Å². The van der Waals surface area contributed by atoms with Gasteiger partial charge in [-0.1, -0.05) is 17.7 Å². The molecule has 7 nitrogen and oxygen atoms in total. The largest absolute Gasteiger partial charge is 0.433 e. The Morgan fingerprint density at radius 1 is 1.25 bits per heavy atom. The number of carbonyl (C=O) groups excluding carboxylic acids is 1. The summed E-state index contributed by atoms with van der Waals surface area (Å²) in [4.78, 5) is 22.3. The first-order valence-corrected chi connectivity index (χ1v) is 9.68. The molecule has 0 saturated heterocycles. The number of likely N-dealkylation sites (N-methyl/N-ethyl adjacent to an activating group) is 1. The number of ether oxygens (including phenoxy) is 1. The van der Waals surface area contributed by atoms with Crippen LogP contribution in [-0.4, -0.2) is 48.0 Å². The minimum atomic E-state index is -3.10. The molecule has 0 spiro atoms. The number of nitrogens with one attached hydrogen (secondary N) is 2. The number of amides is 1. The molecule has 0 aliphatic rings. The molecule has 1 heterocycles. The fraction of sp³-hybridized carbons (Fsp3) is 0.190. The molecular weight excluding hydrogens is 447 g/mol. The van der Waals surface area contributed by atoms with Crippen LogP contribution in [0.15, 0.2) is 48.8 Å². The molecule has 168 valence electrons. The van der Waals surface area contributed by atoms with Gasteiger partial charge in [0.15, 0.2) is 5.75 Å². The molecule has 0 aliphatic heterocycles. The summed E-state index contributed by atoms with van der Waals surface area (Å²) in [5.41, 5.74) is 0.737. The van der Waals surface area contributed by atoms with Crippen molar-refractivity contribution in [2.45, 2.75) is 6.61 Å². The molecule has 1 amide bonds. The number of aromatic nitrogens is 2. The maximum Gasteiger partial charge on any atom is 0.387 e. The second kappa shape index (κ2) is 10.3. The molecule has 32 heavy (non-hydrogen) atoms. The minimum Gasteiger partial charge on any atom is -0.433 e. The number of hydrogen-bond acceptors (Lipinski definition) is 6. The zero-order chi connectivity index (χ0) is 23.3. The van der Waals surface area contributed by atoms with Crippen LogP contribution in [0.1, 0.15) is 0 Å². The molecule has 0 bridgehead atoms. The first-order chi connectivity index (χ1) is 15.2. The van der Waals surface area contributed by atoms with Gasteiger partial charge in [0.2, 0.25) is 5.91 Å². The number of fused-ring (bicyclic) bond motifs is 1. The Balaban J connectivity index is 1.98. The van der Waals surface area contributed by atoms with E-state index in [1.165, 1.54) is 42.7 Å². The molecule has 0 unspecified atom stereocenters. The Labute approximate surface area is 186 Å². The predicted octanol–water partition coefficient (Wildman–Crippen LogP) is 4.82. The van der Waals surface area contributed by atoms with E-state index in [1.807, 2.05) is 19.0 Å². The number of rotatable bonds is 8. The average molecular weight is 466 g/mol. The van der Waals surface area contributed by atoms with Crippen molar-refractivity contribution in [3.8, 4) is 5.75 Å². The second-order valence-corrected chi connectivity index (χ2v) is 7.28. The van der Waals surface area contributed by atoms with Gasteiger partial charge in [0, 0.05) is 29.8 Å². The topological polar surface area (TPSA) is 79.4 Å². The van der Waals surface area contributed by atoms with Gasteiger partial charge < -0.3 is 20.3 Å². The predicted molar refractivity (Wildman–Crippen MR) is 117 cm³/mol. The summed E-state index contributed by atoms with van der Waals surface area (Å²) in [7, 11) is 3.67. The van der Waals surface area contributed by atoms with E-state index in [0.717, 1.165) is 0 Å². The first-order valence-electron chi connectivity index (χ1n) is 9.31. The average Bonchev–Trinajstić information content (AvgIpc) is 2.71. The van der Waals surface area contributed by atoms with Crippen LogP contribution < -0.4 is 15.4 Å². The summed E-state index contributed by atoms with van der Waals surface area (Å²) in [5.74, 6) is -1.07. The van der Waals surface area contributed by atoms with Crippen molar-refractivity contribution in [3.63, 3.8) is 0 Å². The number of halogens is 4. The van der Waals surface area contributed by atoms with Gasteiger partial charge >= 0.3 is 6.61 Å². The summed E-state index contributed by atoms with van der Waals surface area (Å²) >= 11 is 5.82. The molecule has 0 radical (unpaired) electrons. The van der Waals surface area contributed by atoms with Crippen LogP contribution >= 0.6 is 11.6 Å². The van der Waals surface area contributed by atoms with Gasteiger partial charge in [0.1, 0.15) is 18.0 Å². The van der Waals surface area contributed by atoms with Crippen LogP contribution in [0.5, 0.6) is 5.75 Å². The van der Waals surface area contributed by atoms with Crippen LogP contribution in [0.3, 0.4) is 0 Å². The van der Waals surface area contributed by atoms with Gasteiger partial charge in [-0.25, -0.2) is 14.4 Å². The van der Waals surface area contributed by atoms with E-state index < -0.39 is 18.3 Å². The van der Waals surface area contributed by atoms with Crippen LogP contribution in [0, 0.1) is 5.82 Å². The zero-order valence-electron chi connectivity index (χ0n) is 17.1. The Hall–Kier alpha value is -3.37. The molecule has 0 aliphatic carbocycles. The highest BCUT2D eigenvalue weighted by Gasteiger charge is 2.16. The maximum absolute atomic E-state index is 13.4. The molecule has 0 atom stereocenters. The third-order valence-corrected chi connectivity index (χ3v) is 4.42. The number of benzene rings is 2. The lowest BCUT2D eigenvalue weighted by atomic mass is 10.1. The number of anilines is 3. The van der Waals surface area contributed by atoms with E-state index in [1.54, 1.807) is 6.08 Å². The Morgan fingerprint density at radius 2 is 2.03 bits per heavy atom. The SMILES string of the molecule is CN(C)C/C=C\C(=O)Nc1cc2c(Nc3ccc(F)c(Cl)c3)ncnc2cc1OC(F)F. The molecule has 0 saturated carbocycles. The highest BCUT2D eigenvalue weighted by molar-refractivity contribution is 6.31. The third-order valence-electron chi connectivity index (χ3n) is 4.13. The molecule has 2 aromatic carbocycles. The standard InChI is InChI=1S/C21H19ClF3N5O2/c1-30(2)7-3-4-19(31)29-17-9-13-16(10-18(17)32-21(24)25)26-11-27-20(13)28-12-5-6-15(23)14(22)8-12/h3-6,8-11,21H,7H2,1-2H3,(H,29,31)(H,26,27,28)/b4-3-. The van der Waals surface area contributed by atoms with E-state index in [-0.39, 0.29) is 22.0 Å². The molecule has 11 heteroatoms. The van der Waals surface area contributed by atoms with Gasteiger partial charge in [0.25, 0.3) is 0 Å². The highest BCUT2D eigenvalue weighted by Crippen LogP contribution is 2.34. The maximum atomic E-state index is 13.4. The van der Waals surface area contributed by atoms with E-state index >= 15 is 0 Å². The van der Waals surface area contributed by atoms with E-state index in [0.29, 0.717) is 23.4 Å². The van der Waals surface area contributed by atoms with Crippen molar-refractivity contribution >= 4 is 45.6 Å². The molecular formula is C21H19ClF3N5O2. The van der Waals surface area contributed by atoms with Crippen molar-refractivity contribution in [2.75, 3.05) is 31.3 Å². The van der Waals surface area contributed by atoms with Crippen LogP contribution in [0.25, 0.3) is 10.9 Å². The second-order valence-electron chi connectivity index (χ2n) is 6.87. The van der Waals surface area contributed by atoms with Gasteiger partial charge in [-0.3, -0.25) is 4.79 Å². The number of alkyl halides is 2. The van der Waals surface area contributed by atoms with Crippen molar-refractivity contribution in [2.24, 2.45) is 0 Å². The zero-order valence-corrected chi connectivity index (χ0v) is 17.8. The monoisotopic (exact) mass is 465 g/mol. The fourth-order valence-corrected chi connectivity index (χ4v) is 2.91. The minimum absolute atomic E-state index is 0.00675. The molecule has 1 aromatic heterocycles. The molecule has 3 rings (SSSR count). The lowest BCUT2D eigenvalue weighted by Gasteiger charge is -2.14. The summed E-state index contributed by atoms with van der Waals surface area (Å²) in [6, 6.07) is 6.71. The first kappa shape index (κ1) is 23.3. The van der Waals surface area contributed by atoms with E-state index in [2.05, 4.69) is 25.3 Å². The highest BCUT2D eigenvalue weighted by atomic mass is 35.5. The number of nitrogens with zero attached hydrogens (tertiary/aromatic N) is 3. The lowest BCUT2D eigenvalue weighted by molar-refractivity contribution is -0.112. The smallest absolute Gasteiger partial charge is 0.387 e. The Kier molecular flexibility index (Phi) is 7.49. The number of carbonyl (C=O) groups is 1. The summed E-state index contributed by atoms with van der Waals surface area (Å²) < 4.78 is 43.8. The Morgan fingerprint density at radius 3 is 2.72 bits per heavy atom. The lowest BCUT2D eigenvalue weighted by Crippen LogP contribution is -2.14. The van der Waals surface area contributed by atoms with E-state index in [4.69, 9.17) is 11.6 Å². The van der Waals surface area contributed by atoms with Crippen LogP contribution in [-0.2, 0) is 4.79 Å². The van der Waals surface area contributed by atoms with Crippen molar-refractivity contribution in [1.29, 1.82) is 0 Å². The van der Waals surface area contributed by atoms with Gasteiger partial charge in [-0.2, -0.15) is 8.78 Å². The third kappa shape index (κ3) is 6.08. The van der Waals surface area contributed by atoms with Gasteiger partial charge in [-0.05, 0) is 38.4 Å². The summed E-state index contributed by atoms with van der Waals surface area (Å²) in [5, 5.41) is 5.83. The molecule has 0 fully saturated rings. The molecule has 2 N–H and O–H groups in total. The van der Waals surface area contributed by atoms with Crippen molar-refractivity contribution in [3.05, 3.63) is 59.7 Å². The fourth-order valence-electron chi connectivity index (χ4n) is 2.73. The summed E-state index contributed by atoms with van der Waals surface area (Å²) in [6.07, 6.45) is 4.14. The summed E-state index contributed by atoms with van der Waals surface area (Å²) in [6.45, 7) is -2.58. The Bertz CT molecular complexity index is 1160. The van der Waals surface area contributed by atoms with Crippen LogP contribution in [0.4, 0.5) is 30.4 Å². The van der Waals surface area contributed by atoms with Crippen molar-refractivity contribution in [1.82, 2.24) is 14.9 Å². The normalized spacial score (nSPS) is 11.5. The quantitative estimate of drug-likeness (QED) is 0.464. The van der Waals surface area contributed by atoms with Gasteiger partial charge in [0.05, 0.1) is 16.2 Å². The van der Waals surface area contributed by atoms with Gasteiger partial charge in [-0.15, -0.1) is 0 Å². The van der Waals surface area contributed by atoms with E-state index in [9.17, 15) is 18.0 Å². The number of hydrogen-bond donors (Lipinski definition) is 2.